The third-order valence-corrected chi connectivity index (χ3v) is 4.58. The maximum Gasteiger partial charge on any atom is 0.343 e. The molecule has 3 rings (SSSR count). The van der Waals surface area contributed by atoms with Crippen LogP contribution in [0.25, 0.3) is 0 Å². The predicted molar refractivity (Wildman–Crippen MR) is 97.4 cm³/mol. The highest BCUT2D eigenvalue weighted by Crippen LogP contribution is 2.19. The van der Waals surface area contributed by atoms with E-state index in [2.05, 4.69) is 9.97 Å². The Morgan fingerprint density at radius 1 is 1.15 bits per heavy atom. The zero-order valence-electron chi connectivity index (χ0n) is 14.3. The summed E-state index contributed by atoms with van der Waals surface area (Å²) in [5.41, 5.74) is 2.01. The molecule has 0 unspecified atom stereocenters. The molecule has 3 aromatic rings. The van der Waals surface area contributed by atoms with Gasteiger partial charge in [-0.3, -0.25) is 4.79 Å². The number of benzene rings is 1. The van der Waals surface area contributed by atoms with E-state index in [0.29, 0.717) is 22.2 Å². The lowest BCUT2D eigenvalue weighted by atomic mass is 10.1. The number of nitrogens with zero attached hydrogens (tertiary/aromatic N) is 2. The SMILES string of the molecule is Cc1ccc(C(=O)Oc2coc(CSc3ncccn3)cc2=O)cc1C. The number of esters is 1. The third-order valence-electron chi connectivity index (χ3n) is 3.68. The fourth-order valence-electron chi connectivity index (χ4n) is 2.11. The molecule has 0 N–H and O–H groups in total. The van der Waals surface area contributed by atoms with Gasteiger partial charge < -0.3 is 9.15 Å². The summed E-state index contributed by atoms with van der Waals surface area (Å²) >= 11 is 1.34. The first-order valence-corrected chi connectivity index (χ1v) is 8.82. The maximum atomic E-state index is 12.2. The number of hydrogen-bond donors (Lipinski definition) is 0. The number of ether oxygens (including phenoxy) is 1. The number of thioether (sulfide) groups is 1. The first kappa shape index (κ1) is 17.9. The van der Waals surface area contributed by atoms with Crippen LogP contribution >= 0.6 is 11.8 Å². The Morgan fingerprint density at radius 3 is 2.62 bits per heavy atom. The summed E-state index contributed by atoms with van der Waals surface area (Å²) in [6.07, 6.45) is 4.44. The van der Waals surface area contributed by atoms with Crippen molar-refractivity contribution >= 4 is 17.7 Å². The molecule has 7 heteroatoms. The molecule has 0 saturated heterocycles. The largest absolute Gasteiger partial charge is 0.464 e. The summed E-state index contributed by atoms with van der Waals surface area (Å²) in [5, 5.41) is 0.584. The van der Waals surface area contributed by atoms with Crippen LogP contribution in [0, 0.1) is 13.8 Å². The molecule has 0 aliphatic rings. The minimum Gasteiger partial charge on any atom is -0.464 e. The van der Waals surface area contributed by atoms with Gasteiger partial charge in [0.25, 0.3) is 0 Å². The highest BCUT2D eigenvalue weighted by atomic mass is 32.2. The molecule has 2 heterocycles. The number of carbonyl (C=O) groups excluding carboxylic acids is 1. The summed E-state index contributed by atoms with van der Waals surface area (Å²) in [6.45, 7) is 3.86. The molecule has 0 saturated carbocycles. The Morgan fingerprint density at radius 2 is 1.92 bits per heavy atom. The zero-order chi connectivity index (χ0) is 18.5. The van der Waals surface area contributed by atoms with E-state index in [4.69, 9.17) is 9.15 Å². The van der Waals surface area contributed by atoms with E-state index in [1.165, 1.54) is 17.8 Å². The lowest BCUT2D eigenvalue weighted by Crippen LogP contribution is -2.15. The van der Waals surface area contributed by atoms with E-state index in [1.54, 1.807) is 30.6 Å². The molecular weight excluding hydrogens is 352 g/mol. The van der Waals surface area contributed by atoms with E-state index in [9.17, 15) is 9.59 Å². The van der Waals surface area contributed by atoms with Crippen molar-refractivity contribution in [3.05, 3.63) is 81.7 Å². The van der Waals surface area contributed by atoms with Crippen LogP contribution in [0.2, 0.25) is 0 Å². The average Bonchev–Trinajstić information content (AvgIpc) is 2.65. The summed E-state index contributed by atoms with van der Waals surface area (Å²) in [4.78, 5) is 32.5. The average molecular weight is 368 g/mol. The Hall–Kier alpha value is -2.93. The van der Waals surface area contributed by atoms with E-state index >= 15 is 0 Å². The van der Waals surface area contributed by atoms with Crippen LogP contribution in [-0.2, 0) is 5.75 Å². The number of aryl methyl sites for hydroxylation is 2. The quantitative estimate of drug-likeness (QED) is 0.387. The monoisotopic (exact) mass is 368 g/mol. The molecule has 0 atom stereocenters. The molecule has 0 fully saturated rings. The van der Waals surface area contributed by atoms with Gasteiger partial charge in [-0.15, -0.1) is 0 Å². The molecule has 0 aliphatic heterocycles. The van der Waals surface area contributed by atoms with Gasteiger partial charge in [-0.25, -0.2) is 14.8 Å². The van der Waals surface area contributed by atoms with Gasteiger partial charge in [-0.2, -0.15) is 0 Å². The summed E-state index contributed by atoms with van der Waals surface area (Å²) in [5.74, 6) is 0.0987. The lowest BCUT2D eigenvalue weighted by molar-refractivity contribution is 0.0728. The Bertz CT molecular complexity index is 986. The normalized spacial score (nSPS) is 10.5. The fourth-order valence-corrected chi connectivity index (χ4v) is 2.81. The molecular formula is C19H16N2O4S. The maximum absolute atomic E-state index is 12.2. The summed E-state index contributed by atoms with van der Waals surface area (Å²) in [6, 6.07) is 8.25. The van der Waals surface area contributed by atoms with Gasteiger partial charge in [0.05, 0.1) is 11.3 Å². The minimum absolute atomic E-state index is 0.141. The van der Waals surface area contributed by atoms with Gasteiger partial charge in [-0.05, 0) is 43.2 Å². The number of aromatic nitrogens is 2. The second-order valence-electron chi connectivity index (χ2n) is 5.58. The molecule has 0 bridgehead atoms. The minimum atomic E-state index is -0.597. The van der Waals surface area contributed by atoms with E-state index in [-0.39, 0.29) is 5.75 Å². The van der Waals surface area contributed by atoms with Crippen molar-refractivity contribution in [2.75, 3.05) is 0 Å². The Kier molecular flexibility index (Phi) is 5.48. The Labute approximate surface area is 154 Å². The van der Waals surface area contributed by atoms with Crippen LogP contribution in [0.4, 0.5) is 0 Å². The smallest absolute Gasteiger partial charge is 0.343 e. The van der Waals surface area contributed by atoms with E-state index in [0.717, 1.165) is 17.4 Å². The van der Waals surface area contributed by atoms with Gasteiger partial charge in [-0.1, -0.05) is 17.8 Å². The second-order valence-corrected chi connectivity index (χ2v) is 6.53. The van der Waals surface area contributed by atoms with Crippen LogP contribution in [0.1, 0.15) is 27.2 Å². The van der Waals surface area contributed by atoms with Crippen molar-refractivity contribution in [3.63, 3.8) is 0 Å². The van der Waals surface area contributed by atoms with Crippen LogP contribution in [-0.4, -0.2) is 15.9 Å². The van der Waals surface area contributed by atoms with Gasteiger partial charge in [0.2, 0.25) is 11.2 Å². The van der Waals surface area contributed by atoms with Crippen molar-refractivity contribution in [2.24, 2.45) is 0 Å². The van der Waals surface area contributed by atoms with Crippen molar-refractivity contribution in [3.8, 4) is 5.75 Å². The molecule has 0 radical (unpaired) electrons. The molecule has 2 aromatic heterocycles. The van der Waals surface area contributed by atoms with Gasteiger partial charge in [0.15, 0.2) is 5.16 Å². The van der Waals surface area contributed by atoms with Gasteiger partial charge in [0, 0.05) is 18.5 Å². The van der Waals surface area contributed by atoms with Crippen molar-refractivity contribution in [1.29, 1.82) is 0 Å². The molecule has 1 aromatic carbocycles. The molecule has 0 spiro atoms. The summed E-state index contributed by atoms with van der Waals surface area (Å²) in [7, 11) is 0. The standard InChI is InChI=1S/C19H16N2O4S/c1-12-4-5-14(8-13(12)2)18(23)25-17-10-24-15(9-16(17)22)11-26-19-20-6-3-7-21-19/h3-10H,11H2,1-2H3. The van der Waals surface area contributed by atoms with Gasteiger partial charge in [0.1, 0.15) is 12.0 Å². The van der Waals surface area contributed by atoms with Crippen LogP contribution < -0.4 is 10.2 Å². The van der Waals surface area contributed by atoms with Crippen molar-refractivity contribution in [1.82, 2.24) is 9.97 Å². The predicted octanol–water partition coefficient (Wildman–Crippen LogP) is 3.56. The molecule has 0 amide bonds. The zero-order valence-corrected chi connectivity index (χ0v) is 15.1. The number of carbonyl (C=O) groups is 1. The van der Waals surface area contributed by atoms with Crippen molar-refractivity contribution in [2.45, 2.75) is 24.8 Å². The van der Waals surface area contributed by atoms with Crippen LogP contribution in [0.3, 0.4) is 0 Å². The Balaban J connectivity index is 1.68. The molecule has 0 aliphatic carbocycles. The molecule has 6 nitrogen and oxygen atoms in total. The number of hydrogen-bond acceptors (Lipinski definition) is 7. The van der Waals surface area contributed by atoms with Gasteiger partial charge >= 0.3 is 5.97 Å². The lowest BCUT2D eigenvalue weighted by Gasteiger charge is -2.06. The van der Waals surface area contributed by atoms with Crippen LogP contribution in [0.5, 0.6) is 5.75 Å². The first-order valence-electron chi connectivity index (χ1n) is 7.84. The van der Waals surface area contributed by atoms with E-state index < -0.39 is 11.4 Å². The third kappa shape index (κ3) is 4.37. The topological polar surface area (TPSA) is 82.3 Å². The first-order chi connectivity index (χ1) is 12.5. The highest BCUT2D eigenvalue weighted by Gasteiger charge is 2.13. The molecule has 132 valence electrons. The fraction of sp³-hybridized carbons (Fsp3) is 0.158. The number of rotatable bonds is 5. The second kappa shape index (κ2) is 7.97. The highest BCUT2D eigenvalue weighted by molar-refractivity contribution is 7.98. The van der Waals surface area contributed by atoms with Crippen LogP contribution in [0.15, 0.2) is 63.4 Å². The van der Waals surface area contributed by atoms with Crippen molar-refractivity contribution < 1.29 is 13.9 Å². The molecule has 26 heavy (non-hydrogen) atoms. The van der Waals surface area contributed by atoms with E-state index in [1.807, 2.05) is 19.9 Å². The summed E-state index contributed by atoms with van der Waals surface area (Å²) < 4.78 is 10.6.